The molecule has 146 valence electrons. The molecule has 7 nitrogen and oxygen atoms in total. The van der Waals surface area contributed by atoms with Crippen molar-refractivity contribution >= 4 is 5.96 Å². The number of nitrogens with zero attached hydrogens (tertiary/aromatic N) is 5. The van der Waals surface area contributed by atoms with Crippen LogP contribution in [0.5, 0.6) is 0 Å². The minimum atomic E-state index is 0.0554. The van der Waals surface area contributed by atoms with Gasteiger partial charge in [-0.1, -0.05) is 13.8 Å². The maximum absolute atomic E-state index is 5.94. The highest BCUT2D eigenvalue weighted by molar-refractivity contribution is 5.80. The number of guanidine groups is 1. The van der Waals surface area contributed by atoms with Crippen molar-refractivity contribution in [1.29, 1.82) is 0 Å². The molecule has 0 spiro atoms. The second-order valence-electron chi connectivity index (χ2n) is 7.93. The molecule has 1 aromatic heterocycles. The van der Waals surface area contributed by atoms with E-state index in [2.05, 4.69) is 39.1 Å². The van der Waals surface area contributed by atoms with Gasteiger partial charge in [0.2, 0.25) is 0 Å². The molecule has 0 aromatic carbocycles. The van der Waals surface area contributed by atoms with E-state index < -0.39 is 0 Å². The van der Waals surface area contributed by atoms with E-state index in [-0.39, 0.29) is 6.10 Å². The van der Waals surface area contributed by atoms with Gasteiger partial charge in [-0.2, -0.15) is 5.10 Å². The Morgan fingerprint density at radius 1 is 1.31 bits per heavy atom. The van der Waals surface area contributed by atoms with Crippen LogP contribution in [0.25, 0.3) is 0 Å². The van der Waals surface area contributed by atoms with Crippen LogP contribution in [0.2, 0.25) is 0 Å². The van der Waals surface area contributed by atoms with E-state index in [1.54, 1.807) is 0 Å². The Bertz CT molecular complexity index is 591. The largest absolute Gasteiger partial charge is 0.370 e. The number of ether oxygens (including phenoxy) is 1. The molecule has 0 aliphatic carbocycles. The van der Waals surface area contributed by atoms with E-state index in [9.17, 15) is 0 Å². The van der Waals surface area contributed by atoms with Crippen molar-refractivity contribution in [3.63, 3.8) is 0 Å². The van der Waals surface area contributed by atoms with Gasteiger partial charge in [-0.25, -0.2) is 0 Å². The average molecular weight is 363 g/mol. The van der Waals surface area contributed by atoms with E-state index >= 15 is 0 Å². The molecular formula is C19H34N6O. The molecule has 7 heteroatoms. The highest BCUT2D eigenvalue weighted by atomic mass is 16.5. The maximum atomic E-state index is 5.94. The van der Waals surface area contributed by atoms with E-state index in [1.807, 2.05) is 31.2 Å². The van der Waals surface area contributed by atoms with Crippen LogP contribution < -0.4 is 5.32 Å². The van der Waals surface area contributed by atoms with Gasteiger partial charge in [0.1, 0.15) is 6.10 Å². The van der Waals surface area contributed by atoms with Crippen LogP contribution in [0.15, 0.2) is 17.4 Å². The van der Waals surface area contributed by atoms with E-state index in [1.165, 1.54) is 19.5 Å². The molecule has 2 fully saturated rings. The molecule has 26 heavy (non-hydrogen) atoms. The molecule has 3 unspecified atom stereocenters. The number of nitrogens with one attached hydrogen (secondary N) is 1. The summed E-state index contributed by atoms with van der Waals surface area (Å²) in [5, 5.41) is 7.81. The number of aryl methyl sites for hydroxylation is 1. The third-order valence-electron chi connectivity index (χ3n) is 5.33. The zero-order valence-corrected chi connectivity index (χ0v) is 16.7. The quantitative estimate of drug-likeness (QED) is 0.647. The van der Waals surface area contributed by atoms with Crippen LogP contribution in [0, 0.1) is 11.8 Å². The van der Waals surface area contributed by atoms with E-state index in [0.29, 0.717) is 6.61 Å². The Balaban J connectivity index is 1.49. The first-order valence-corrected chi connectivity index (χ1v) is 9.83. The highest BCUT2D eigenvalue weighted by Gasteiger charge is 2.25. The van der Waals surface area contributed by atoms with Crippen molar-refractivity contribution < 1.29 is 4.74 Å². The van der Waals surface area contributed by atoms with Gasteiger partial charge in [0.05, 0.1) is 19.3 Å². The monoisotopic (exact) mass is 362 g/mol. The van der Waals surface area contributed by atoms with Crippen molar-refractivity contribution in [1.82, 2.24) is 24.9 Å². The third-order valence-corrected chi connectivity index (χ3v) is 5.33. The summed E-state index contributed by atoms with van der Waals surface area (Å²) in [6.07, 6.45) is 5.33. The lowest BCUT2D eigenvalue weighted by molar-refractivity contribution is -0.00807. The van der Waals surface area contributed by atoms with Gasteiger partial charge in [0, 0.05) is 58.6 Å². The Kier molecular flexibility index (Phi) is 6.53. The minimum Gasteiger partial charge on any atom is -0.370 e. The molecule has 0 saturated carbocycles. The number of rotatable bonds is 4. The standard InChI is InChI=1S/C19H34N6O/c1-15-9-16(2)12-24(11-15)6-5-21-19(20-3)25-7-8-26-18(14-25)17-10-22-23(4)13-17/h10,13,15-16,18H,5-9,11-12,14H2,1-4H3,(H,20,21). The Morgan fingerprint density at radius 2 is 2.08 bits per heavy atom. The van der Waals surface area contributed by atoms with Crippen molar-refractivity contribution in [3.05, 3.63) is 18.0 Å². The fourth-order valence-electron chi connectivity index (χ4n) is 4.28. The SMILES string of the molecule is CN=C(NCCN1CC(C)CC(C)C1)N1CCOC(c2cnn(C)c2)C1. The van der Waals surface area contributed by atoms with Gasteiger partial charge in [-0.3, -0.25) is 9.67 Å². The summed E-state index contributed by atoms with van der Waals surface area (Å²) in [7, 11) is 3.80. The number of hydrogen-bond donors (Lipinski definition) is 1. The van der Waals surface area contributed by atoms with Crippen molar-refractivity contribution in [2.45, 2.75) is 26.4 Å². The van der Waals surface area contributed by atoms with Crippen LogP contribution >= 0.6 is 0 Å². The molecule has 2 saturated heterocycles. The van der Waals surface area contributed by atoms with Crippen molar-refractivity contribution in [2.24, 2.45) is 23.9 Å². The molecule has 0 radical (unpaired) electrons. The lowest BCUT2D eigenvalue weighted by atomic mass is 9.92. The Hall–Kier alpha value is -1.60. The summed E-state index contributed by atoms with van der Waals surface area (Å²) in [4.78, 5) is 9.37. The lowest BCUT2D eigenvalue weighted by Gasteiger charge is -2.36. The Labute approximate surface area is 157 Å². The summed E-state index contributed by atoms with van der Waals surface area (Å²) in [6, 6.07) is 0. The van der Waals surface area contributed by atoms with Gasteiger partial charge in [0.15, 0.2) is 5.96 Å². The van der Waals surface area contributed by atoms with Crippen molar-refractivity contribution in [3.8, 4) is 0 Å². The second-order valence-corrected chi connectivity index (χ2v) is 7.93. The van der Waals surface area contributed by atoms with Gasteiger partial charge < -0.3 is 19.9 Å². The summed E-state index contributed by atoms with van der Waals surface area (Å²) in [5.74, 6) is 2.58. The average Bonchev–Trinajstić information content (AvgIpc) is 3.04. The van der Waals surface area contributed by atoms with Crippen LogP contribution in [0.3, 0.4) is 0 Å². The predicted octanol–water partition coefficient (Wildman–Crippen LogP) is 1.35. The molecule has 0 bridgehead atoms. The maximum Gasteiger partial charge on any atom is 0.193 e. The first-order valence-electron chi connectivity index (χ1n) is 9.83. The summed E-state index contributed by atoms with van der Waals surface area (Å²) in [6.45, 7) is 11.5. The summed E-state index contributed by atoms with van der Waals surface area (Å²) >= 11 is 0. The van der Waals surface area contributed by atoms with Gasteiger partial charge in [-0.15, -0.1) is 0 Å². The zero-order chi connectivity index (χ0) is 18.5. The van der Waals surface area contributed by atoms with Gasteiger partial charge in [0.25, 0.3) is 0 Å². The van der Waals surface area contributed by atoms with E-state index in [0.717, 1.165) is 49.5 Å². The van der Waals surface area contributed by atoms with Crippen molar-refractivity contribution in [2.75, 3.05) is 52.9 Å². The van der Waals surface area contributed by atoms with Gasteiger partial charge >= 0.3 is 0 Å². The summed E-state index contributed by atoms with van der Waals surface area (Å²) in [5.41, 5.74) is 1.13. The smallest absolute Gasteiger partial charge is 0.193 e. The molecule has 1 aromatic rings. The predicted molar refractivity (Wildman–Crippen MR) is 104 cm³/mol. The highest BCUT2D eigenvalue weighted by Crippen LogP contribution is 2.22. The zero-order valence-electron chi connectivity index (χ0n) is 16.7. The first kappa shape index (κ1) is 19.2. The van der Waals surface area contributed by atoms with Crippen LogP contribution in [-0.2, 0) is 11.8 Å². The molecule has 2 aliphatic rings. The van der Waals surface area contributed by atoms with Crippen LogP contribution in [0.4, 0.5) is 0 Å². The Morgan fingerprint density at radius 3 is 2.73 bits per heavy atom. The van der Waals surface area contributed by atoms with E-state index in [4.69, 9.17) is 4.74 Å². The first-order chi connectivity index (χ1) is 12.5. The van der Waals surface area contributed by atoms with Crippen LogP contribution in [0.1, 0.15) is 31.9 Å². The van der Waals surface area contributed by atoms with Gasteiger partial charge in [-0.05, 0) is 18.3 Å². The fraction of sp³-hybridized carbons (Fsp3) is 0.789. The molecule has 1 N–H and O–H groups in total. The lowest BCUT2D eigenvalue weighted by Crippen LogP contribution is -2.50. The minimum absolute atomic E-state index is 0.0554. The number of morpholine rings is 1. The molecule has 3 rings (SSSR count). The number of aromatic nitrogens is 2. The fourth-order valence-corrected chi connectivity index (χ4v) is 4.28. The molecule has 0 amide bonds. The summed E-state index contributed by atoms with van der Waals surface area (Å²) < 4.78 is 7.76. The molecular weight excluding hydrogens is 328 g/mol. The third kappa shape index (κ3) is 4.98. The van der Waals surface area contributed by atoms with Crippen LogP contribution in [-0.4, -0.2) is 78.5 Å². The normalized spacial score (nSPS) is 28.4. The molecule has 3 atom stereocenters. The number of piperidine rings is 1. The molecule has 3 heterocycles. The number of aliphatic imine (C=N–C) groups is 1. The second kappa shape index (κ2) is 8.86. The number of likely N-dealkylation sites (tertiary alicyclic amines) is 1. The topological polar surface area (TPSA) is 57.9 Å². The number of hydrogen-bond acceptors (Lipinski definition) is 4. The molecule has 2 aliphatic heterocycles.